The molecule has 0 saturated heterocycles. The minimum atomic E-state index is -0.552. The molecule has 2 aromatic rings. The third-order valence-corrected chi connectivity index (χ3v) is 6.30. The summed E-state index contributed by atoms with van der Waals surface area (Å²) in [6, 6.07) is 13.0. The van der Waals surface area contributed by atoms with Gasteiger partial charge in [0.25, 0.3) is 0 Å². The van der Waals surface area contributed by atoms with Crippen LogP contribution in [0.1, 0.15) is 44.7 Å². The molecule has 0 heterocycles. The Balaban J connectivity index is 2.12. The van der Waals surface area contributed by atoms with Crippen LogP contribution in [0.4, 0.5) is 4.39 Å². The quantitative estimate of drug-likeness (QED) is 0.482. The first-order valence-electron chi connectivity index (χ1n) is 10.5. The SMILES string of the molecule is CC[C@H](C)NC(=O)[C@H](CC)N(Cc1ccc(Cl)cc1)C(=O)CSCc1ccc(F)cc1. The van der Waals surface area contributed by atoms with E-state index >= 15 is 0 Å². The molecule has 0 radical (unpaired) electrons. The number of benzene rings is 2. The predicted octanol–water partition coefficient (Wildman–Crippen LogP) is 5.43. The molecule has 1 N–H and O–H groups in total. The maximum atomic E-state index is 13.2. The molecular formula is C24H30ClFN2O2S. The van der Waals surface area contributed by atoms with Crippen LogP contribution < -0.4 is 5.32 Å². The molecule has 4 nitrogen and oxygen atoms in total. The van der Waals surface area contributed by atoms with E-state index in [1.165, 1.54) is 23.9 Å². The van der Waals surface area contributed by atoms with E-state index in [0.717, 1.165) is 17.5 Å². The second kappa shape index (κ2) is 12.7. The Kier molecular flexibility index (Phi) is 10.3. The number of hydrogen-bond donors (Lipinski definition) is 1. The Morgan fingerprint density at radius 1 is 1.03 bits per heavy atom. The van der Waals surface area contributed by atoms with Crippen LogP contribution in [0, 0.1) is 5.82 Å². The van der Waals surface area contributed by atoms with Gasteiger partial charge in [-0.3, -0.25) is 9.59 Å². The summed E-state index contributed by atoms with van der Waals surface area (Å²) in [6.45, 7) is 6.21. The highest BCUT2D eigenvalue weighted by molar-refractivity contribution is 7.99. The largest absolute Gasteiger partial charge is 0.352 e. The first-order valence-corrected chi connectivity index (χ1v) is 12.0. The second-order valence-corrected chi connectivity index (χ2v) is 8.93. The molecule has 168 valence electrons. The average Bonchev–Trinajstić information content (AvgIpc) is 2.76. The van der Waals surface area contributed by atoms with Gasteiger partial charge in [-0.1, -0.05) is 49.7 Å². The van der Waals surface area contributed by atoms with Gasteiger partial charge in [-0.25, -0.2) is 4.39 Å². The molecule has 0 aliphatic heterocycles. The molecule has 2 amide bonds. The number of nitrogens with one attached hydrogen (secondary N) is 1. The molecule has 0 fully saturated rings. The van der Waals surface area contributed by atoms with Crippen LogP contribution in [0.15, 0.2) is 48.5 Å². The summed E-state index contributed by atoms with van der Waals surface area (Å²) in [7, 11) is 0. The van der Waals surface area contributed by atoms with E-state index in [9.17, 15) is 14.0 Å². The third kappa shape index (κ3) is 8.19. The van der Waals surface area contributed by atoms with Gasteiger partial charge in [0.2, 0.25) is 11.8 Å². The summed E-state index contributed by atoms with van der Waals surface area (Å²) in [6.07, 6.45) is 1.34. The number of halogens is 2. The van der Waals surface area contributed by atoms with Gasteiger partial charge in [0.15, 0.2) is 0 Å². The van der Waals surface area contributed by atoms with Crippen molar-refractivity contribution in [2.24, 2.45) is 0 Å². The Hall–Kier alpha value is -2.05. The van der Waals surface area contributed by atoms with E-state index in [1.54, 1.807) is 29.2 Å². The van der Waals surface area contributed by atoms with Gasteiger partial charge < -0.3 is 10.2 Å². The highest BCUT2D eigenvalue weighted by atomic mass is 35.5. The molecule has 0 saturated carbocycles. The molecular weight excluding hydrogens is 435 g/mol. The molecule has 0 spiro atoms. The summed E-state index contributed by atoms with van der Waals surface area (Å²) in [4.78, 5) is 27.7. The summed E-state index contributed by atoms with van der Waals surface area (Å²) in [5.74, 6) is 0.308. The Morgan fingerprint density at radius 2 is 1.65 bits per heavy atom. The average molecular weight is 465 g/mol. The van der Waals surface area contributed by atoms with Crippen molar-refractivity contribution < 1.29 is 14.0 Å². The Morgan fingerprint density at radius 3 is 2.23 bits per heavy atom. The van der Waals surface area contributed by atoms with Crippen LogP contribution in [-0.4, -0.2) is 34.6 Å². The van der Waals surface area contributed by atoms with E-state index < -0.39 is 6.04 Å². The topological polar surface area (TPSA) is 49.4 Å². The highest BCUT2D eigenvalue weighted by Gasteiger charge is 2.29. The smallest absolute Gasteiger partial charge is 0.243 e. The van der Waals surface area contributed by atoms with Gasteiger partial charge in [0, 0.05) is 23.4 Å². The predicted molar refractivity (Wildman–Crippen MR) is 127 cm³/mol. The van der Waals surface area contributed by atoms with Crippen molar-refractivity contribution in [3.8, 4) is 0 Å². The van der Waals surface area contributed by atoms with Crippen LogP contribution in [0.3, 0.4) is 0 Å². The molecule has 7 heteroatoms. The monoisotopic (exact) mass is 464 g/mol. The lowest BCUT2D eigenvalue weighted by atomic mass is 10.1. The van der Waals surface area contributed by atoms with Crippen molar-refractivity contribution in [2.45, 2.75) is 58.0 Å². The van der Waals surface area contributed by atoms with Crippen molar-refractivity contribution >= 4 is 35.2 Å². The van der Waals surface area contributed by atoms with E-state index in [1.807, 2.05) is 32.9 Å². The van der Waals surface area contributed by atoms with E-state index in [0.29, 0.717) is 23.7 Å². The number of hydrogen-bond acceptors (Lipinski definition) is 3. The van der Waals surface area contributed by atoms with E-state index in [4.69, 9.17) is 11.6 Å². The van der Waals surface area contributed by atoms with E-state index in [-0.39, 0.29) is 29.4 Å². The van der Waals surface area contributed by atoms with Gasteiger partial charge >= 0.3 is 0 Å². The lowest BCUT2D eigenvalue weighted by molar-refractivity contribution is -0.139. The first kappa shape index (κ1) is 25.2. The van der Waals surface area contributed by atoms with Crippen molar-refractivity contribution in [3.05, 3.63) is 70.5 Å². The van der Waals surface area contributed by atoms with Crippen LogP contribution in [0.5, 0.6) is 0 Å². The van der Waals surface area contributed by atoms with Gasteiger partial charge in [-0.2, -0.15) is 0 Å². The molecule has 31 heavy (non-hydrogen) atoms. The lowest BCUT2D eigenvalue weighted by Crippen LogP contribution is -2.51. The maximum Gasteiger partial charge on any atom is 0.243 e. The summed E-state index contributed by atoms with van der Waals surface area (Å²) >= 11 is 7.44. The van der Waals surface area contributed by atoms with Crippen LogP contribution >= 0.6 is 23.4 Å². The van der Waals surface area contributed by atoms with Gasteiger partial charge in [-0.05, 0) is 55.2 Å². The zero-order chi connectivity index (χ0) is 22.8. The first-order chi connectivity index (χ1) is 14.8. The molecule has 2 aromatic carbocycles. The molecule has 0 aliphatic carbocycles. The normalized spacial score (nSPS) is 12.8. The number of rotatable bonds is 11. The minimum Gasteiger partial charge on any atom is -0.352 e. The Bertz CT molecular complexity index is 846. The molecule has 0 bridgehead atoms. The van der Waals surface area contributed by atoms with E-state index in [2.05, 4.69) is 5.32 Å². The molecule has 0 unspecified atom stereocenters. The third-order valence-electron chi connectivity index (χ3n) is 5.06. The number of carbonyl (C=O) groups is 2. The number of thioether (sulfide) groups is 1. The lowest BCUT2D eigenvalue weighted by Gasteiger charge is -2.31. The van der Waals surface area contributed by atoms with Gasteiger partial charge in [-0.15, -0.1) is 11.8 Å². The van der Waals surface area contributed by atoms with Crippen LogP contribution in [-0.2, 0) is 21.9 Å². The summed E-state index contributed by atoms with van der Waals surface area (Å²) in [5.41, 5.74) is 1.86. The fourth-order valence-electron chi connectivity index (χ4n) is 3.07. The molecule has 0 aromatic heterocycles. The highest BCUT2D eigenvalue weighted by Crippen LogP contribution is 2.19. The minimum absolute atomic E-state index is 0.0434. The molecule has 2 atom stereocenters. The summed E-state index contributed by atoms with van der Waals surface area (Å²) < 4.78 is 13.1. The fraction of sp³-hybridized carbons (Fsp3) is 0.417. The number of nitrogens with zero attached hydrogens (tertiary/aromatic N) is 1. The van der Waals surface area contributed by atoms with Crippen molar-refractivity contribution in [1.82, 2.24) is 10.2 Å². The van der Waals surface area contributed by atoms with Crippen LogP contribution in [0.25, 0.3) is 0 Å². The van der Waals surface area contributed by atoms with Crippen molar-refractivity contribution in [1.29, 1.82) is 0 Å². The fourth-order valence-corrected chi connectivity index (χ4v) is 4.06. The summed E-state index contributed by atoms with van der Waals surface area (Å²) in [5, 5.41) is 3.62. The van der Waals surface area contributed by atoms with Crippen molar-refractivity contribution in [3.63, 3.8) is 0 Å². The number of amides is 2. The maximum absolute atomic E-state index is 13.2. The molecule has 0 aliphatic rings. The molecule has 2 rings (SSSR count). The number of carbonyl (C=O) groups excluding carboxylic acids is 2. The second-order valence-electron chi connectivity index (χ2n) is 7.51. The van der Waals surface area contributed by atoms with Crippen LogP contribution in [0.2, 0.25) is 5.02 Å². The Labute approximate surface area is 193 Å². The van der Waals surface area contributed by atoms with Gasteiger partial charge in [0.1, 0.15) is 11.9 Å². The standard InChI is InChI=1S/C24H30ClFN2O2S/c1-4-17(3)27-24(30)22(5-2)28(14-18-6-10-20(25)11-7-18)23(29)16-31-15-19-8-12-21(26)13-9-19/h6-13,17,22H,4-5,14-16H2,1-3H3,(H,27,30)/t17-,22-/m0/s1. The zero-order valence-corrected chi connectivity index (χ0v) is 19.8. The van der Waals surface area contributed by atoms with Crippen molar-refractivity contribution in [2.75, 3.05) is 5.75 Å². The van der Waals surface area contributed by atoms with Gasteiger partial charge in [0.05, 0.1) is 5.75 Å². The zero-order valence-electron chi connectivity index (χ0n) is 18.2.